The molecule has 5 heteroatoms. The zero-order chi connectivity index (χ0) is 10.2. The molecular formula is C8H20O4Si. The Morgan fingerprint density at radius 2 is 1.77 bits per heavy atom. The molecule has 0 bridgehead atoms. The molecule has 13 heavy (non-hydrogen) atoms. The molecule has 0 saturated heterocycles. The lowest BCUT2D eigenvalue weighted by Gasteiger charge is -2.22. The van der Waals surface area contributed by atoms with Gasteiger partial charge in [-0.05, 0) is 19.5 Å². The fraction of sp³-hybridized carbons (Fsp3) is 1.00. The second kappa shape index (κ2) is 7.46. The monoisotopic (exact) mass is 208 g/mol. The van der Waals surface area contributed by atoms with Gasteiger partial charge in [-0.25, -0.2) is 0 Å². The zero-order valence-electron chi connectivity index (χ0n) is 8.45. The third-order valence-corrected chi connectivity index (χ3v) is 3.37. The van der Waals surface area contributed by atoms with Gasteiger partial charge in [0, 0.05) is 13.2 Å². The molecule has 0 heterocycles. The van der Waals surface area contributed by atoms with Crippen LogP contribution in [-0.2, 0) is 9.16 Å². The van der Waals surface area contributed by atoms with Gasteiger partial charge in [0.2, 0.25) is 8.32 Å². The summed E-state index contributed by atoms with van der Waals surface area (Å²) in [4.78, 5) is 0. The first-order valence-corrected chi connectivity index (χ1v) is 7.67. The van der Waals surface area contributed by atoms with Gasteiger partial charge < -0.3 is 19.4 Å². The summed E-state index contributed by atoms with van der Waals surface area (Å²) < 4.78 is 10.8. The van der Waals surface area contributed by atoms with Gasteiger partial charge in [-0.15, -0.1) is 0 Å². The molecule has 2 N–H and O–H groups in total. The van der Waals surface area contributed by atoms with E-state index >= 15 is 0 Å². The Bertz CT molecular complexity index is 107. The predicted octanol–water partition coefficient (Wildman–Crippen LogP) is 0.139. The van der Waals surface area contributed by atoms with Gasteiger partial charge in [0.05, 0.1) is 19.4 Å². The molecule has 0 aliphatic heterocycles. The van der Waals surface area contributed by atoms with E-state index in [4.69, 9.17) is 19.4 Å². The third kappa shape index (κ3) is 8.39. The van der Waals surface area contributed by atoms with Gasteiger partial charge in [-0.2, -0.15) is 0 Å². The van der Waals surface area contributed by atoms with Crippen LogP contribution in [0.1, 0.15) is 6.42 Å². The molecule has 0 aliphatic carbocycles. The number of hydrogen-bond acceptors (Lipinski definition) is 4. The van der Waals surface area contributed by atoms with E-state index in [2.05, 4.69) is 13.1 Å². The number of rotatable bonds is 8. The van der Waals surface area contributed by atoms with E-state index in [0.717, 1.165) is 0 Å². The summed E-state index contributed by atoms with van der Waals surface area (Å²) in [6.07, 6.45) is 1.27. The molecule has 0 atom stereocenters. The molecule has 80 valence electrons. The fourth-order valence-electron chi connectivity index (χ4n) is 0.837. The molecule has 0 rings (SSSR count). The number of aliphatic hydroxyl groups excluding tert-OH is 2. The van der Waals surface area contributed by atoms with Crippen LogP contribution in [0.2, 0.25) is 13.1 Å². The van der Waals surface area contributed by atoms with Crippen LogP contribution in [-0.4, -0.2) is 51.2 Å². The van der Waals surface area contributed by atoms with Crippen molar-refractivity contribution in [3.63, 3.8) is 0 Å². The Balaban J connectivity index is 3.42. The van der Waals surface area contributed by atoms with Crippen molar-refractivity contribution < 1.29 is 19.4 Å². The summed E-state index contributed by atoms with van der Waals surface area (Å²) in [5.41, 5.74) is 0. The number of aliphatic hydroxyl groups is 2. The molecule has 0 unspecified atom stereocenters. The van der Waals surface area contributed by atoms with E-state index in [1.165, 1.54) is 0 Å². The fourth-order valence-corrected chi connectivity index (χ4v) is 2.25. The standard InChI is InChI=1S/C8H20O4Si/c1-13(2,8-11-7-5-10)12-6-3-4-9/h9-10H,3-8H2,1-2H3. The van der Waals surface area contributed by atoms with E-state index in [0.29, 0.717) is 25.9 Å². The SMILES string of the molecule is C[Si](C)(COCCO)OCCCO. The molecule has 0 aromatic heterocycles. The molecule has 0 aromatic carbocycles. The van der Waals surface area contributed by atoms with E-state index in [1.54, 1.807) is 0 Å². The number of ether oxygens (including phenoxy) is 1. The summed E-state index contributed by atoms with van der Waals surface area (Å²) in [7, 11) is -1.72. The van der Waals surface area contributed by atoms with E-state index in [-0.39, 0.29) is 13.2 Å². The second-order valence-electron chi connectivity index (χ2n) is 3.46. The van der Waals surface area contributed by atoms with Gasteiger partial charge in [-0.3, -0.25) is 0 Å². The van der Waals surface area contributed by atoms with Crippen LogP contribution in [0, 0.1) is 0 Å². The van der Waals surface area contributed by atoms with Crippen molar-refractivity contribution >= 4 is 8.32 Å². The van der Waals surface area contributed by atoms with Crippen LogP contribution >= 0.6 is 0 Å². The smallest absolute Gasteiger partial charge is 0.211 e. The molecule has 4 nitrogen and oxygen atoms in total. The predicted molar refractivity (Wildman–Crippen MR) is 53.0 cm³/mol. The first-order valence-electron chi connectivity index (χ1n) is 4.56. The van der Waals surface area contributed by atoms with Crippen molar-refractivity contribution in [2.45, 2.75) is 19.5 Å². The van der Waals surface area contributed by atoms with Crippen LogP contribution in [0.25, 0.3) is 0 Å². The van der Waals surface area contributed by atoms with Crippen LogP contribution in [0.15, 0.2) is 0 Å². The van der Waals surface area contributed by atoms with Crippen molar-refractivity contribution in [2.75, 3.05) is 32.7 Å². The van der Waals surface area contributed by atoms with Gasteiger partial charge in [-0.1, -0.05) is 0 Å². The number of hydrogen-bond donors (Lipinski definition) is 2. The molecular weight excluding hydrogens is 188 g/mol. The molecule has 0 aliphatic rings. The van der Waals surface area contributed by atoms with Gasteiger partial charge in [0.25, 0.3) is 0 Å². The highest BCUT2D eigenvalue weighted by Gasteiger charge is 2.22. The summed E-state index contributed by atoms with van der Waals surface area (Å²) in [6, 6.07) is 0. The summed E-state index contributed by atoms with van der Waals surface area (Å²) in [5, 5.41) is 17.0. The molecule has 0 saturated carbocycles. The molecule has 0 radical (unpaired) electrons. The van der Waals surface area contributed by atoms with Gasteiger partial charge >= 0.3 is 0 Å². The van der Waals surface area contributed by atoms with Crippen LogP contribution < -0.4 is 0 Å². The summed E-state index contributed by atoms with van der Waals surface area (Å²) in [5.74, 6) is 0. The van der Waals surface area contributed by atoms with Crippen LogP contribution in [0.4, 0.5) is 0 Å². The molecule has 0 spiro atoms. The molecule has 0 aromatic rings. The minimum absolute atomic E-state index is 0.0567. The van der Waals surface area contributed by atoms with Gasteiger partial charge in [0.15, 0.2) is 0 Å². The third-order valence-electron chi connectivity index (χ3n) is 1.48. The molecule has 0 amide bonds. The minimum atomic E-state index is -1.72. The average molecular weight is 208 g/mol. The van der Waals surface area contributed by atoms with E-state index in [9.17, 15) is 0 Å². The van der Waals surface area contributed by atoms with E-state index < -0.39 is 8.32 Å². The van der Waals surface area contributed by atoms with Crippen molar-refractivity contribution in [2.24, 2.45) is 0 Å². The van der Waals surface area contributed by atoms with E-state index in [1.807, 2.05) is 0 Å². The Labute approximate surface area is 80.6 Å². The van der Waals surface area contributed by atoms with Crippen molar-refractivity contribution in [3.8, 4) is 0 Å². The second-order valence-corrected chi connectivity index (χ2v) is 7.56. The van der Waals surface area contributed by atoms with Crippen molar-refractivity contribution in [3.05, 3.63) is 0 Å². The first kappa shape index (κ1) is 13.1. The largest absolute Gasteiger partial charge is 0.415 e. The average Bonchev–Trinajstić information content (AvgIpc) is 2.05. The topological polar surface area (TPSA) is 58.9 Å². The first-order chi connectivity index (χ1) is 6.12. The summed E-state index contributed by atoms with van der Waals surface area (Å²) in [6.45, 7) is 5.31. The highest BCUT2D eigenvalue weighted by atomic mass is 28.4. The van der Waals surface area contributed by atoms with Crippen molar-refractivity contribution in [1.29, 1.82) is 0 Å². The lowest BCUT2D eigenvalue weighted by molar-refractivity contribution is 0.107. The summed E-state index contributed by atoms with van der Waals surface area (Å²) >= 11 is 0. The maximum Gasteiger partial charge on any atom is 0.211 e. The normalized spacial score (nSPS) is 12.0. The Hall–Kier alpha value is 0.0569. The molecule has 0 fully saturated rings. The lowest BCUT2D eigenvalue weighted by atomic mass is 10.5. The van der Waals surface area contributed by atoms with Crippen molar-refractivity contribution in [1.82, 2.24) is 0 Å². The Kier molecular flexibility index (Phi) is 7.49. The van der Waals surface area contributed by atoms with Crippen LogP contribution in [0.3, 0.4) is 0 Å². The highest BCUT2D eigenvalue weighted by Crippen LogP contribution is 2.05. The zero-order valence-corrected chi connectivity index (χ0v) is 9.45. The lowest BCUT2D eigenvalue weighted by Crippen LogP contribution is -2.37. The van der Waals surface area contributed by atoms with Crippen LogP contribution in [0.5, 0.6) is 0 Å². The highest BCUT2D eigenvalue weighted by molar-refractivity contribution is 6.71. The quantitative estimate of drug-likeness (QED) is 0.440. The Morgan fingerprint density at radius 3 is 2.31 bits per heavy atom. The minimum Gasteiger partial charge on any atom is -0.415 e. The maximum atomic E-state index is 8.55. The maximum absolute atomic E-state index is 8.55. The Morgan fingerprint density at radius 1 is 1.08 bits per heavy atom. The van der Waals surface area contributed by atoms with Gasteiger partial charge in [0.1, 0.15) is 0 Å².